The zero-order valence-corrected chi connectivity index (χ0v) is 12.2. The molecule has 1 fully saturated rings. The maximum Gasteiger partial charge on any atom is 0.234 e. The lowest BCUT2D eigenvalue weighted by molar-refractivity contribution is -0.123. The lowest BCUT2D eigenvalue weighted by atomic mass is 10.3. The SMILES string of the molecule is Cc1csc(CCCNC(=O)CN2CCOCC2)n1. The van der Waals surface area contributed by atoms with E-state index in [4.69, 9.17) is 4.74 Å². The van der Waals surface area contributed by atoms with E-state index >= 15 is 0 Å². The molecule has 1 amide bonds. The summed E-state index contributed by atoms with van der Waals surface area (Å²) in [7, 11) is 0. The molecule has 1 aliphatic heterocycles. The first kappa shape index (κ1) is 14.4. The van der Waals surface area contributed by atoms with Crippen molar-refractivity contribution in [2.75, 3.05) is 39.4 Å². The zero-order chi connectivity index (χ0) is 13.5. The Morgan fingerprint density at radius 3 is 3.00 bits per heavy atom. The van der Waals surface area contributed by atoms with Crippen molar-refractivity contribution in [3.63, 3.8) is 0 Å². The number of hydrogen-bond donors (Lipinski definition) is 1. The molecule has 1 aliphatic rings. The molecule has 0 aliphatic carbocycles. The van der Waals surface area contributed by atoms with Crippen molar-refractivity contribution in [2.45, 2.75) is 19.8 Å². The maximum absolute atomic E-state index is 11.7. The highest BCUT2D eigenvalue weighted by atomic mass is 32.1. The molecular weight excluding hydrogens is 262 g/mol. The van der Waals surface area contributed by atoms with Crippen LogP contribution < -0.4 is 5.32 Å². The van der Waals surface area contributed by atoms with Gasteiger partial charge in [-0.15, -0.1) is 11.3 Å². The number of carbonyl (C=O) groups is 1. The molecule has 19 heavy (non-hydrogen) atoms. The predicted molar refractivity (Wildman–Crippen MR) is 75.4 cm³/mol. The molecule has 1 N–H and O–H groups in total. The predicted octanol–water partition coefficient (Wildman–Crippen LogP) is 0.833. The van der Waals surface area contributed by atoms with E-state index in [1.165, 1.54) is 0 Å². The Balaban J connectivity index is 1.56. The highest BCUT2D eigenvalue weighted by molar-refractivity contribution is 7.09. The van der Waals surface area contributed by atoms with Crippen molar-refractivity contribution in [1.82, 2.24) is 15.2 Å². The summed E-state index contributed by atoms with van der Waals surface area (Å²) in [5, 5.41) is 6.18. The summed E-state index contributed by atoms with van der Waals surface area (Å²) in [4.78, 5) is 18.3. The second kappa shape index (κ2) is 7.57. The monoisotopic (exact) mass is 283 g/mol. The molecule has 0 aromatic carbocycles. The number of morpholine rings is 1. The summed E-state index contributed by atoms with van der Waals surface area (Å²) in [5.41, 5.74) is 1.08. The molecule has 0 unspecified atom stereocenters. The average molecular weight is 283 g/mol. The minimum absolute atomic E-state index is 0.109. The minimum Gasteiger partial charge on any atom is -0.379 e. The Hall–Kier alpha value is -0.980. The Morgan fingerprint density at radius 2 is 2.32 bits per heavy atom. The van der Waals surface area contributed by atoms with Gasteiger partial charge in [0.05, 0.1) is 24.8 Å². The van der Waals surface area contributed by atoms with Gasteiger partial charge in [-0.2, -0.15) is 0 Å². The molecule has 1 saturated heterocycles. The van der Waals surface area contributed by atoms with Crippen LogP contribution in [0.25, 0.3) is 0 Å². The van der Waals surface area contributed by atoms with E-state index in [0.29, 0.717) is 6.54 Å². The van der Waals surface area contributed by atoms with Crippen LogP contribution in [0.4, 0.5) is 0 Å². The number of ether oxygens (including phenoxy) is 1. The smallest absolute Gasteiger partial charge is 0.234 e. The van der Waals surface area contributed by atoms with Crippen LogP contribution in [-0.2, 0) is 16.0 Å². The zero-order valence-electron chi connectivity index (χ0n) is 11.4. The summed E-state index contributed by atoms with van der Waals surface area (Å²) in [5.74, 6) is 0.109. The van der Waals surface area contributed by atoms with Gasteiger partial charge in [0.1, 0.15) is 0 Å². The van der Waals surface area contributed by atoms with E-state index in [0.717, 1.165) is 56.4 Å². The van der Waals surface area contributed by atoms with Crippen molar-refractivity contribution < 1.29 is 9.53 Å². The van der Waals surface area contributed by atoms with Crippen LogP contribution >= 0.6 is 11.3 Å². The van der Waals surface area contributed by atoms with Crippen LogP contribution in [0, 0.1) is 6.92 Å². The van der Waals surface area contributed by atoms with Gasteiger partial charge in [-0.1, -0.05) is 0 Å². The first-order valence-corrected chi connectivity index (χ1v) is 7.60. The number of thiazole rings is 1. The topological polar surface area (TPSA) is 54.5 Å². The molecule has 0 bridgehead atoms. The van der Waals surface area contributed by atoms with Gasteiger partial charge in [0, 0.05) is 37.1 Å². The fraction of sp³-hybridized carbons (Fsp3) is 0.692. The largest absolute Gasteiger partial charge is 0.379 e. The van der Waals surface area contributed by atoms with E-state index in [2.05, 4.69) is 20.6 Å². The quantitative estimate of drug-likeness (QED) is 0.786. The molecule has 1 aromatic rings. The summed E-state index contributed by atoms with van der Waals surface area (Å²) in [6, 6.07) is 0. The van der Waals surface area contributed by atoms with Crippen LogP contribution in [0.2, 0.25) is 0 Å². The number of rotatable bonds is 6. The fourth-order valence-electron chi connectivity index (χ4n) is 2.00. The second-order valence-corrected chi connectivity index (χ2v) is 5.67. The van der Waals surface area contributed by atoms with Crippen LogP contribution in [-0.4, -0.2) is 55.2 Å². The van der Waals surface area contributed by atoms with E-state index < -0.39 is 0 Å². The van der Waals surface area contributed by atoms with Gasteiger partial charge in [0.15, 0.2) is 0 Å². The lowest BCUT2D eigenvalue weighted by Gasteiger charge is -2.25. The first-order chi connectivity index (χ1) is 9.24. The van der Waals surface area contributed by atoms with Gasteiger partial charge < -0.3 is 10.1 Å². The van der Waals surface area contributed by atoms with E-state index in [1.54, 1.807) is 11.3 Å². The number of amides is 1. The highest BCUT2D eigenvalue weighted by Gasteiger charge is 2.13. The standard InChI is InChI=1S/C13H21N3O2S/c1-11-10-19-13(15-11)3-2-4-14-12(17)9-16-5-7-18-8-6-16/h10H,2-9H2,1H3,(H,14,17). The molecule has 1 aromatic heterocycles. The Kier molecular flexibility index (Phi) is 5.75. The highest BCUT2D eigenvalue weighted by Crippen LogP contribution is 2.10. The second-order valence-electron chi connectivity index (χ2n) is 4.72. The molecule has 106 valence electrons. The van der Waals surface area contributed by atoms with Gasteiger partial charge >= 0.3 is 0 Å². The first-order valence-electron chi connectivity index (χ1n) is 6.72. The average Bonchev–Trinajstić information content (AvgIpc) is 2.82. The molecule has 0 saturated carbocycles. The number of nitrogens with zero attached hydrogens (tertiary/aromatic N) is 2. The lowest BCUT2D eigenvalue weighted by Crippen LogP contribution is -2.43. The van der Waals surface area contributed by atoms with E-state index in [-0.39, 0.29) is 5.91 Å². The van der Waals surface area contributed by atoms with Crippen LogP contribution in [0.5, 0.6) is 0 Å². The van der Waals surface area contributed by atoms with Crippen molar-refractivity contribution in [3.05, 3.63) is 16.1 Å². The Morgan fingerprint density at radius 1 is 1.53 bits per heavy atom. The summed E-state index contributed by atoms with van der Waals surface area (Å²) in [6.07, 6.45) is 1.89. The third-order valence-corrected chi connectivity index (χ3v) is 4.05. The number of aromatic nitrogens is 1. The van der Waals surface area contributed by atoms with Crippen molar-refractivity contribution in [2.24, 2.45) is 0 Å². The molecule has 0 atom stereocenters. The number of nitrogens with one attached hydrogen (secondary N) is 1. The molecule has 0 spiro atoms. The maximum atomic E-state index is 11.7. The van der Waals surface area contributed by atoms with Gasteiger partial charge in [-0.25, -0.2) is 4.98 Å². The van der Waals surface area contributed by atoms with E-state index in [1.807, 2.05) is 6.92 Å². The molecule has 2 rings (SSSR count). The van der Waals surface area contributed by atoms with Gasteiger partial charge in [-0.3, -0.25) is 9.69 Å². The number of carbonyl (C=O) groups excluding carboxylic acids is 1. The number of hydrogen-bond acceptors (Lipinski definition) is 5. The Labute approximate surface area is 118 Å². The molecule has 2 heterocycles. The summed E-state index contributed by atoms with van der Waals surface area (Å²) in [6.45, 7) is 6.39. The van der Waals surface area contributed by atoms with Gasteiger partial charge in [0.2, 0.25) is 5.91 Å². The normalized spacial score (nSPS) is 16.5. The molecule has 6 heteroatoms. The summed E-state index contributed by atoms with van der Waals surface area (Å²) < 4.78 is 5.25. The van der Waals surface area contributed by atoms with Crippen LogP contribution in [0.15, 0.2) is 5.38 Å². The molecule has 0 radical (unpaired) electrons. The number of aryl methyl sites for hydroxylation is 2. The minimum atomic E-state index is 0.109. The van der Waals surface area contributed by atoms with Crippen LogP contribution in [0.3, 0.4) is 0 Å². The van der Waals surface area contributed by atoms with Crippen molar-refractivity contribution in [3.8, 4) is 0 Å². The van der Waals surface area contributed by atoms with Crippen LogP contribution in [0.1, 0.15) is 17.1 Å². The third-order valence-electron chi connectivity index (χ3n) is 3.03. The fourth-order valence-corrected chi connectivity index (χ4v) is 2.82. The third kappa shape index (κ3) is 5.26. The van der Waals surface area contributed by atoms with E-state index in [9.17, 15) is 4.79 Å². The van der Waals surface area contributed by atoms with Crippen molar-refractivity contribution in [1.29, 1.82) is 0 Å². The van der Waals surface area contributed by atoms with Gasteiger partial charge in [-0.05, 0) is 13.3 Å². The van der Waals surface area contributed by atoms with Crippen molar-refractivity contribution >= 4 is 17.2 Å². The summed E-state index contributed by atoms with van der Waals surface area (Å²) >= 11 is 1.69. The molecule has 5 nitrogen and oxygen atoms in total. The Bertz CT molecular complexity index is 402. The molecular formula is C13H21N3O2S. The van der Waals surface area contributed by atoms with Gasteiger partial charge in [0.25, 0.3) is 0 Å².